The van der Waals surface area contributed by atoms with Gasteiger partial charge in [0, 0.05) is 18.3 Å². The fourth-order valence-electron chi connectivity index (χ4n) is 2.02. The molecule has 0 spiro atoms. The lowest BCUT2D eigenvalue weighted by Crippen LogP contribution is -2.35. The van der Waals surface area contributed by atoms with Crippen LogP contribution in [0.1, 0.15) is 38.7 Å². The van der Waals surface area contributed by atoms with Gasteiger partial charge < -0.3 is 5.32 Å². The minimum absolute atomic E-state index is 0.432. The van der Waals surface area contributed by atoms with Crippen molar-refractivity contribution in [2.24, 2.45) is 0 Å². The van der Waals surface area contributed by atoms with Crippen molar-refractivity contribution >= 4 is 15.7 Å². The number of anilines is 1. The van der Waals surface area contributed by atoms with Crippen LogP contribution >= 0.6 is 0 Å². The van der Waals surface area contributed by atoms with Gasteiger partial charge in [-0.2, -0.15) is 0 Å². The van der Waals surface area contributed by atoms with E-state index in [2.05, 4.69) is 17.0 Å². The Bertz CT molecular complexity index is 521. The van der Waals surface area contributed by atoms with Crippen molar-refractivity contribution in [3.63, 3.8) is 0 Å². The van der Waals surface area contributed by atoms with Crippen molar-refractivity contribution in [3.8, 4) is 0 Å². The van der Waals surface area contributed by atoms with Gasteiger partial charge in [0.15, 0.2) is 0 Å². The topological polar surface area (TPSA) is 58.2 Å². The van der Waals surface area contributed by atoms with E-state index in [4.69, 9.17) is 0 Å². The van der Waals surface area contributed by atoms with Crippen molar-refractivity contribution in [2.75, 3.05) is 11.3 Å². The highest BCUT2D eigenvalue weighted by molar-refractivity contribution is 7.93. The molecule has 0 bridgehead atoms. The summed E-state index contributed by atoms with van der Waals surface area (Å²) in [5.74, 6) is 0. The highest BCUT2D eigenvalue weighted by Crippen LogP contribution is 2.19. The predicted octanol–water partition coefficient (Wildman–Crippen LogP) is 2.52. The van der Waals surface area contributed by atoms with Gasteiger partial charge in [-0.15, -0.1) is 0 Å². The van der Waals surface area contributed by atoms with E-state index in [1.54, 1.807) is 6.92 Å². The maximum Gasteiger partial charge on any atom is 0.236 e. The molecule has 0 radical (unpaired) electrons. The van der Waals surface area contributed by atoms with Crippen LogP contribution in [0.2, 0.25) is 0 Å². The molecule has 0 aromatic heterocycles. The molecule has 1 aliphatic carbocycles. The maximum atomic E-state index is 12.2. The second kappa shape index (κ2) is 6.59. The van der Waals surface area contributed by atoms with Gasteiger partial charge in [-0.05, 0) is 43.9 Å². The van der Waals surface area contributed by atoms with E-state index >= 15 is 0 Å². The zero-order chi connectivity index (χ0) is 14.6. The van der Waals surface area contributed by atoms with Crippen molar-refractivity contribution in [1.29, 1.82) is 0 Å². The fourth-order valence-corrected chi connectivity index (χ4v) is 3.00. The van der Waals surface area contributed by atoms with Gasteiger partial charge in [0.2, 0.25) is 10.0 Å². The molecular weight excluding hydrogens is 272 g/mol. The van der Waals surface area contributed by atoms with Crippen LogP contribution in [0.4, 0.5) is 5.69 Å². The molecule has 2 rings (SSSR count). The molecule has 0 heterocycles. The summed E-state index contributed by atoms with van der Waals surface area (Å²) in [7, 11) is -3.32. The molecule has 4 nitrogen and oxygen atoms in total. The van der Waals surface area contributed by atoms with E-state index in [0.29, 0.717) is 18.3 Å². The molecule has 1 aliphatic rings. The average molecular weight is 296 g/mol. The molecule has 0 aliphatic heterocycles. The van der Waals surface area contributed by atoms with E-state index in [9.17, 15) is 8.42 Å². The van der Waals surface area contributed by atoms with Crippen molar-refractivity contribution < 1.29 is 8.42 Å². The summed E-state index contributed by atoms with van der Waals surface area (Å²) in [6, 6.07) is 8.16. The lowest BCUT2D eigenvalue weighted by atomic mass is 10.1. The van der Waals surface area contributed by atoms with Crippen molar-refractivity contribution in [2.45, 2.75) is 50.8 Å². The molecule has 1 atom stereocenters. The fraction of sp³-hybridized carbons (Fsp3) is 0.600. The Morgan fingerprint density at radius 2 is 1.90 bits per heavy atom. The number of hydrogen-bond acceptors (Lipinski definition) is 3. The molecule has 0 saturated heterocycles. The largest absolute Gasteiger partial charge is 0.313 e. The molecule has 1 aromatic carbocycles. The number of aryl methyl sites for hydroxylation is 1. The number of sulfonamides is 1. The van der Waals surface area contributed by atoms with Gasteiger partial charge in [-0.1, -0.05) is 25.5 Å². The third-order valence-corrected chi connectivity index (χ3v) is 5.30. The lowest BCUT2D eigenvalue weighted by Gasteiger charge is -2.15. The molecule has 1 saturated carbocycles. The van der Waals surface area contributed by atoms with E-state index in [1.165, 1.54) is 18.4 Å². The zero-order valence-corrected chi connectivity index (χ0v) is 13.0. The Hall–Kier alpha value is -1.07. The number of hydrogen-bond donors (Lipinski definition) is 2. The second-order valence-electron chi connectivity index (χ2n) is 5.59. The summed E-state index contributed by atoms with van der Waals surface area (Å²) in [6.07, 6.45) is 4.45. The quantitative estimate of drug-likeness (QED) is 0.775. The predicted molar refractivity (Wildman–Crippen MR) is 83.5 cm³/mol. The smallest absolute Gasteiger partial charge is 0.236 e. The molecule has 5 heteroatoms. The highest BCUT2D eigenvalue weighted by Gasteiger charge is 2.25. The molecule has 1 unspecified atom stereocenters. The molecule has 0 amide bonds. The zero-order valence-electron chi connectivity index (χ0n) is 12.2. The van der Waals surface area contributed by atoms with Gasteiger partial charge in [0.1, 0.15) is 0 Å². The highest BCUT2D eigenvalue weighted by atomic mass is 32.2. The first-order valence-electron chi connectivity index (χ1n) is 7.35. The Morgan fingerprint density at radius 1 is 1.25 bits per heavy atom. The Morgan fingerprint density at radius 3 is 2.45 bits per heavy atom. The first-order chi connectivity index (χ1) is 9.51. The van der Waals surface area contributed by atoms with Crippen LogP contribution in [0.3, 0.4) is 0 Å². The van der Waals surface area contributed by atoms with E-state index in [-0.39, 0.29) is 0 Å². The summed E-state index contributed by atoms with van der Waals surface area (Å²) < 4.78 is 27.0. The third-order valence-electron chi connectivity index (χ3n) is 3.55. The van der Waals surface area contributed by atoms with Gasteiger partial charge in [0.25, 0.3) is 0 Å². The summed E-state index contributed by atoms with van der Waals surface area (Å²) in [4.78, 5) is 0. The molecule has 1 fully saturated rings. The molecule has 20 heavy (non-hydrogen) atoms. The standard InChI is InChI=1S/C15H24N2O2S/c1-3-4-13-5-7-15(8-6-13)17-20(18,19)12(2)11-16-14-9-10-14/h5-8,12,14,16-17H,3-4,9-11H2,1-2H3. The first kappa shape index (κ1) is 15.3. The Labute approximate surface area is 122 Å². The van der Waals surface area contributed by atoms with Gasteiger partial charge in [-0.25, -0.2) is 8.42 Å². The van der Waals surface area contributed by atoms with Crippen molar-refractivity contribution in [3.05, 3.63) is 29.8 Å². The molecule has 1 aromatic rings. The van der Waals surface area contributed by atoms with Crippen LogP contribution in [0, 0.1) is 0 Å². The minimum Gasteiger partial charge on any atom is -0.313 e. The summed E-state index contributed by atoms with van der Waals surface area (Å²) >= 11 is 0. The minimum atomic E-state index is -3.32. The van der Waals surface area contributed by atoms with Crippen LogP contribution < -0.4 is 10.0 Å². The van der Waals surface area contributed by atoms with Crippen LogP contribution in [-0.4, -0.2) is 26.3 Å². The number of rotatable bonds is 8. The third kappa shape index (κ3) is 4.49. The summed E-state index contributed by atoms with van der Waals surface area (Å²) in [5, 5.41) is 2.82. The Balaban J connectivity index is 1.91. The number of nitrogens with one attached hydrogen (secondary N) is 2. The average Bonchev–Trinajstić information content (AvgIpc) is 3.22. The maximum absolute atomic E-state index is 12.2. The second-order valence-corrected chi connectivity index (χ2v) is 7.69. The SMILES string of the molecule is CCCc1ccc(NS(=O)(=O)C(C)CNC2CC2)cc1. The van der Waals surface area contributed by atoms with Crippen LogP contribution in [0.5, 0.6) is 0 Å². The Kier molecular flexibility index (Phi) is 5.05. The molecule has 112 valence electrons. The van der Waals surface area contributed by atoms with E-state index in [1.807, 2.05) is 24.3 Å². The van der Waals surface area contributed by atoms with E-state index < -0.39 is 15.3 Å². The first-order valence-corrected chi connectivity index (χ1v) is 8.90. The van der Waals surface area contributed by atoms with Crippen LogP contribution in [0.15, 0.2) is 24.3 Å². The van der Waals surface area contributed by atoms with Gasteiger partial charge in [-0.3, -0.25) is 4.72 Å². The monoisotopic (exact) mass is 296 g/mol. The van der Waals surface area contributed by atoms with Crippen LogP contribution in [-0.2, 0) is 16.4 Å². The lowest BCUT2D eigenvalue weighted by molar-refractivity contribution is 0.576. The van der Waals surface area contributed by atoms with Gasteiger partial charge in [0.05, 0.1) is 5.25 Å². The molecular formula is C15H24N2O2S. The van der Waals surface area contributed by atoms with Crippen LogP contribution in [0.25, 0.3) is 0 Å². The van der Waals surface area contributed by atoms with Crippen molar-refractivity contribution in [1.82, 2.24) is 5.32 Å². The summed E-state index contributed by atoms with van der Waals surface area (Å²) in [6.45, 7) is 4.38. The number of benzene rings is 1. The van der Waals surface area contributed by atoms with E-state index in [0.717, 1.165) is 12.8 Å². The summed E-state index contributed by atoms with van der Waals surface area (Å²) in [5.41, 5.74) is 1.88. The van der Waals surface area contributed by atoms with Gasteiger partial charge >= 0.3 is 0 Å². The normalized spacial score (nSPS) is 16.9. The molecule has 2 N–H and O–H groups in total.